The molecule has 76 valence electrons. The summed E-state index contributed by atoms with van der Waals surface area (Å²) < 4.78 is 0. The topological polar surface area (TPSA) is 32.9 Å². The molecule has 2 nitrogen and oxygen atoms in total. The monoisotopic (exact) mass is 199 g/mol. The minimum Gasteiger partial charge on any atom is -0.322 e. The molecule has 0 radical (unpaired) electrons. The minimum absolute atomic E-state index is 0.0155. The van der Waals surface area contributed by atoms with Gasteiger partial charge in [0.05, 0.1) is 0 Å². The average molecular weight is 199 g/mol. The normalized spacial score (nSPS) is 15.2. The molecule has 1 heterocycles. The van der Waals surface area contributed by atoms with Gasteiger partial charge >= 0.3 is 0 Å². The first kappa shape index (κ1) is 8.72. The number of nitrogens with one attached hydrogen (secondary N) is 1. The number of rotatable bonds is 0. The predicted molar refractivity (Wildman–Crippen MR) is 61.2 cm³/mol. The number of aryl methyl sites for hydroxylation is 2. The van der Waals surface area contributed by atoms with Gasteiger partial charge in [-0.15, -0.1) is 0 Å². The van der Waals surface area contributed by atoms with Crippen LogP contribution in [0.25, 0.3) is 10.9 Å². The van der Waals surface area contributed by atoms with Gasteiger partial charge in [0.1, 0.15) is 0 Å². The maximum absolute atomic E-state index is 11.2. The lowest BCUT2D eigenvalue weighted by atomic mass is 9.89. The van der Waals surface area contributed by atoms with Crippen molar-refractivity contribution < 1.29 is 0 Å². The zero-order valence-corrected chi connectivity index (χ0v) is 8.55. The van der Waals surface area contributed by atoms with Crippen LogP contribution in [0.2, 0.25) is 0 Å². The molecular weight excluding hydrogens is 186 g/mol. The van der Waals surface area contributed by atoms with Crippen molar-refractivity contribution in [2.75, 3.05) is 0 Å². The van der Waals surface area contributed by atoms with Crippen molar-refractivity contribution in [3.8, 4) is 0 Å². The van der Waals surface area contributed by atoms with E-state index in [1.54, 1.807) is 6.07 Å². The Bertz CT molecular complexity index is 568. The van der Waals surface area contributed by atoms with Gasteiger partial charge in [0.25, 0.3) is 0 Å². The number of hydrogen-bond acceptors (Lipinski definition) is 1. The molecule has 1 aliphatic rings. The fraction of sp³-hybridized carbons (Fsp3) is 0.308. The molecule has 0 atom stereocenters. The Morgan fingerprint density at radius 2 is 1.87 bits per heavy atom. The van der Waals surface area contributed by atoms with E-state index in [4.69, 9.17) is 0 Å². The van der Waals surface area contributed by atoms with Crippen LogP contribution in [0.15, 0.2) is 29.1 Å². The van der Waals surface area contributed by atoms with Crippen LogP contribution in [0.5, 0.6) is 0 Å². The van der Waals surface area contributed by atoms with E-state index < -0.39 is 0 Å². The van der Waals surface area contributed by atoms with Crippen molar-refractivity contribution in [3.63, 3.8) is 0 Å². The summed E-state index contributed by atoms with van der Waals surface area (Å²) in [6, 6.07) is 7.77. The highest BCUT2D eigenvalue weighted by atomic mass is 16.1. The second-order valence-electron chi connectivity index (χ2n) is 4.19. The Labute approximate surface area is 87.9 Å². The van der Waals surface area contributed by atoms with Crippen LogP contribution in [-0.2, 0) is 12.8 Å². The van der Waals surface area contributed by atoms with E-state index >= 15 is 0 Å². The molecule has 0 saturated carbocycles. The Morgan fingerprint density at radius 3 is 2.80 bits per heavy atom. The summed E-state index contributed by atoms with van der Waals surface area (Å²) in [5, 5.41) is 1.23. The Hall–Kier alpha value is -1.57. The van der Waals surface area contributed by atoms with Crippen LogP contribution >= 0.6 is 0 Å². The van der Waals surface area contributed by atoms with Crippen LogP contribution < -0.4 is 5.56 Å². The van der Waals surface area contributed by atoms with Crippen molar-refractivity contribution in [1.82, 2.24) is 4.98 Å². The van der Waals surface area contributed by atoms with Crippen LogP contribution in [0.3, 0.4) is 0 Å². The fourth-order valence-corrected chi connectivity index (χ4v) is 2.49. The number of pyridine rings is 1. The van der Waals surface area contributed by atoms with Gasteiger partial charge in [-0.2, -0.15) is 0 Å². The van der Waals surface area contributed by atoms with Gasteiger partial charge in [-0.3, -0.25) is 4.79 Å². The Morgan fingerprint density at radius 1 is 1.00 bits per heavy atom. The van der Waals surface area contributed by atoms with Crippen molar-refractivity contribution in [1.29, 1.82) is 0 Å². The zero-order chi connectivity index (χ0) is 10.3. The summed E-state index contributed by atoms with van der Waals surface area (Å²) in [6.07, 6.45) is 4.90. The van der Waals surface area contributed by atoms with Crippen LogP contribution in [0.1, 0.15) is 24.0 Å². The lowest BCUT2D eigenvalue weighted by Gasteiger charge is -2.17. The molecular formula is C13H13NO. The van der Waals surface area contributed by atoms with Gasteiger partial charge in [0.2, 0.25) is 5.56 Å². The van der Waals surface area contributed by atoms with E-state index in [0.29, 0.717) is 0 Å². The fourth-order valence-electron chi connectivity index (χ4n) is 2.49. The molecule has 0 unspecified atom stereocenters. The highest BCUT2D eigenvalue weighted by Crippen LogP contribution is 2.27. The molecule has 1 aliphatic carbocycles. The third kappa shape index (κ3) is 1.37. The summed E-state index contributed by atoms with van der Waals surface area (Å²) in [7, 11) is 0. The molecule has 0 aliphatic heterocycles. The maximum Gasteiger partial charge on any atom is 0.248 e. The second kappa shape index (κ2) is 3.23. The number of aromatic amines is 1. The number of benzene rings is 1. The lowest BCUT2D eigenvalue weighted by Crippen LogP contribution is -2.07. The summed E-state index contributed by atoms with van der Waals surface area (Å²) >= 11 is 0. The average Bonchev–Trinajstić information content (AvgIpc) is 2.28. The smallest absolute Gasteiger partial charge is 0.248 e. The Kier molecular flexibility index (Phi) is 1.88. The summed E-state index contributed by atoms with van der Waals surface area (Å²) in [4.78, 5) is 14.1. The van der Waals surface area contributed by atoms with Crippen molar-refractivity contribution in [3.05, 3.63) is 45.7 Å². The number of fused-ring (bicyclic) bond motifs is 3. The number of hydrogen-bond donors (Lipinski definition) is 1. The molecule has 2 heteroatoms. The Balaban J connectivity index is 2.36. The van der Waals surface area contributed by atoms with E-state index in [1.807, 2.05) is 12.1 Å². The minimum atomic E-state index is -0.0155. The lowest BCUT2D eigenvalue weighted by molar-refractivity contribution is 0.690. The molecule has 15 heavy (non-hydrogen) atoms. The first-order valence-electron chi connectivity index (χ1n) is 5.48. The number of aromatic nitrogens is 1. The molecule has 0 amide bonds. The maximum atomic E-state index is 11.2. The standard InChI is InChI=1S/C13H13NO/c15-13-8-6-11-10-4-2-1-3-9(10)5-7-12(11)14-13/h5-8H,1-4H2,(H,14,15). The molecule has 1 aromatic carbocycles. The number of H-pyrrole nitrogens is 1. The predicted octanol–water partition coefficient (Wildman–Crippen LogP) is 2.41. The molecule has 0 bridgehead atoms. The third-order valence-electron chi connectivity index (χ3n) is 3.24. The van der Waals surface area contributed by atoms with Crippen LogP contribution in [-0.4, -0.2) is 4.98 Å². The quantitative estimate of drug-likeness (QED) is 0.694. The van der Waals surface area contributed by atoms with E-state index in [2.05, 4.69) is 11.1 Å². The molecule has 0 spiro atoms. The van der Waals surface area contributed by atoms with Gasteiger partial charge in [-0.25, -0.2) is 0 Å². The van der Waals surface area contributed by atoms with Crippen LogP contribution in [0.4, 0.5) is 0 Å². The van der Waals surface area contributed by atoms with E-state index in [-0.39, 0.29) is 5.56 Å². The van der Waals surface area contributed by atoms with Gasteiger partial charge < -0.3 is 4.98 Å². The molecule has 0 saturated heterocycles. The first-order chi connectivity index (χ1) is 7.34. The third-order valence-corrected chi connectivity index (χ3v) is 3.24. The van der Waals surface area contributed by atoms with Gasteiger partial charge in [0, 0.05) is 17.0 Å². The van der Waals surface area contributed by atoms with E-state index in [0.717, 1.165) is 11.9 Å². The highest BCUT2D eigenvalue weighted by Gasteiger charge is 2.11. The summed E-state index contributed by atoms with van der Waals surface area (Å²) in [5.74, 6) is 0. The molecule has 1 N–H and O–H groups in total. The van der Waals surface area contributed by atoms with Gasteiger partial charge in [-0.05, 0) is 48.9 Å². The van der Waals surface area contributed by atoms with Crippen molar-refractivity contribution in [2.45, 2.75) is 25.7 Å². The van der Waals surface area contributed by atoms with Crippen LogP contribution in [0, 0.1) is 0 Å². The summed E-state index contributed by atoms with van der Waals surface area (Å²) in [6.45, 7) is 0. The summed E-state index contributed by atoms with van der Waals surface area (Å²) in [5.41, 5.74) is 3.86. The molecule has 0 fully saturated rings. The van der Waals surface area contributed by atoms with Crippen molar-refractivity contribution in [2.24, 2.45) is 0 Å². The molecule has 1 aromatic heterocycles. The van der Waals surface area contributed by atoms with Crippen molar-refractivity contribution >= 4 is 10.9 Å². The molecule has 2 aromatic rings. The SMILES string of the molecule is O=c1ccc2c3c(ccc2[nH]1)CCCC3. The van der Waals surface area contributed by atoms with E-state index in [9.17, 15) is 4.79 Å². The highest BCUT2D eigenvalue weighted by molar-refractivity contribution is 5.83. The zero-order valence-electron chi connectivity index (χ0n) is 8.55. The van der Waals surface area contributed by atoms with Gasteiger partial charge in [-0.1, -0.05) is 6.07 Å². The van der Waals surface area contributed by atoms with Gasteiger partial charge in [0.15, 0.2) is 0 Å². The second-order valence-corrected chi connectivity index (χ2v) is 4.19. The van der Waals surface area contributed by atoms with E-state index in [1.165, 1.54) is 35.8 Å². The largest absolute Gasteiger partial charge is 0.322 e. The molecule has 3 rings (SSSR count). The first-order valence-corrected chi connectivity index (χ1v) is 5.48.